The van der Waals surface area contributed by atoms with E-state index in [4.69, 9.17) is 5.11 Å². The SMILES string of the molecule is C[C@]12CC[C@](O)(C#CCCO)C[C@H]1CC[C@@H]1[C@@H]2CC[C@]2(C)[C@@H](C(=O)CBr)CC[C@@H]12. The van der Waals surface area contributed by atoms with Crippen molar-refractivity contribution in [2.45, 2.75) is 83.7 Å². The zero-order valence-electron chi connectivity index (χ0n) is 18.1. The highest BCUT2D eigenvalue weighted by Crippen LogP contribution is 2.68. The first kappa shape index (κ1) is 21.8. The van der Waals surface area contributed by atoms with E-state index < -0.39 is 5.60 Å². The molecule has 0 unspecified atom stereocenters. The van der Waals surface area contributed by atoms with Gasteiger partial charge in [-0.3, -0.25) is 4.79 Å². The molecule has 4 aliphatic rings. The first-order chi connectivity index (χ1) is 13.8. The van der Waals surface area contributed by atoms with Crippen molar-refractivity contribution in [3.05, 3.63) is 0 Å². The van der Waals surface area contributed by atoms with Crippen LogP contribution in [-0.4, -0.2) is 33.5 Å². The first-order valence-electron chi connectivity index (χ1n) is 11.7. The molecule has 0 aliphatic heterocycles. The van der Waals surface area contributed by atoms with Crippen molar-refractivity contribution in [1.82, 2.24) is 0 Å². The Morgan fingerprint density at radius 3 is 2.52 bits per heavy atom. The van der Waals surface area contributed by atoms with Crippen LogP contribution in [0.4, 0.5) is 0 Å². The second kappa shape index (κ2) is 7.95. The summed E-state index contributed by atoms with van der Waals surface area (Å²) in [6, 6.07) is 0. The van der Waals surface area contributed by atoms with Gasteiger partial charge in [0.2, 0.25) is 0 Å². The van der Waals surface area contributed by atoms with E-state index in [0.717, 1.165) is 37.5 Å². The lowest BCUT2D eigenvalue weighted by atomic mass is 9.44. The third-order valence-corrected chi connectivity index (χ3v) is 10.4. The van der Waals surface area contributed by atoms with Gasteiger partial charge in [0.15, 0.2) is 0 Å². The summed E-state index contributed by atoms with van der Waals surface area (Å²) < 4.78 is 0. The largest absolute Gasteiger partial charge is 0.395 e. The number of alkyl halides is 1. The van der Waals surface area contributed by atoms with Gasteiger partial charge in [0.25, 0.3) is 0 Å². The van der Waals surface area contributed by atoms with Gasteiger partial charge >= 0.3 is 0 Å². The van der Waals surface area contributed by atoms with Crippen molar-refractivity contribution < 1.29 is 15.0 Å². The second-order valence-electron chi connectivity index (χ2n) is 10.9. The highest BCUT2D eigenvalue weighted by atomic mass is 79.9. The van der Waals surface area contributed by atoms with Crippen LogP contribution >= 0.6 is 15.9 Å². The van der Waals surface area contributed by atoms with Crippen molar-refractivity contribution in [3.8, 4) is 11.8 Å². The molecular formula is C25H37BrO3. The predicted molar refractivity (Wildman–Crippen MR) is 118 cm³/mol. The Balaban J connectivity index is 1.53. The molecule has 4 fully saturated rings. The molecule has 3 nitrogen and oxygen atoms in total. The summed E-state index contributed by atoms with van der Waals surface area (Å²) in [7, 11) is 0. The Hall–Kier alpha value is -0.370. The molecular weight excluding hydrogens is 428 g/mol. The van der Waals surface area contributed by atoms with Gasteiger partial charge in [-0.15, -0.1) is 0 Å². The third kappa shape index (κ3) is 3.54. The minimum atomic E-state index is -0.865. The number of aliphatic hydroxyl groups excluding tert-OH is 1. The lowest BCUT2D eigenvalue weighted by Gasteiger charge is -2.61. The number of rotatable bonds is 3. The van der Waals surface area contributed by atoms with Crippen molar-refractivity contribution >= 4 is 21.7 Å². The summed E-state index contributed by atoms with van der Waals surface area (Å²) >= 11 is 3.42. The fourth-order valence-electron chi connectivity index (χ4n) is 8.26. The van der Waals surface area contributed by atoms with Gasteiger partial charge in [-0.25, -0.2) is 0 Å². The summed E-state index contributed by atoms with van der Waals surface area (Å²) in [6.45, 7) is 4.97. The topological polar surface area (TPSA) is 57.5 Å². The van der Waals surface area contributed by atoms with E-state index >= 15 is 0 Å². The fourth-order valence-corrected chi connectivity index (χ4v) is 8.65. The third-order valence-electron chi connectivity index (χ3n) is 9.80. The van der Waals surface area contributed by atoms with Crippen LogP contribution in [0.15, 0.2) is 0 Å². The number of halogens is 1. The number of hydrogen-bond acceptors (Lipinski definition) is 3. The molecule has 0 bridgehead atoms. The number of ketones is 1. The monoisotopic (exact) mass is 464 g/mol. The maximum absolute atomic E-state index is 12.6. The zero-order chi connectivity index (χ0) is 20.9. The molecule has 0 aromatic rings. The zero-order valence-corrected chi connectivity index (χ0v) is 19.6. The maximum atomic E-state index is 12.6. The van der Waals surface area contributed by atoms with Crippen LogP contribution in [0, 0.1) is 52.3 Å². The van der Waals surface area contributed by atoms with E-state index in [1.165, 1.54) is 32.1 Å². The Kier molecular flexibility index (Phi) is 5.99. The van der Waals surface area contributed by atoms with Crippen LogP contribution in [0.1, 0.15) is 78.1 Å². The van der Waals surface area contributed by atoms with Crippen LogP contribution in [0.3, 0.4) is 0 Å². The molecule has 0 amide bonds. The number of hydrogen-bond donors (Lipinski definition) is 2. The van der Waals surface area contributed by atoms with Gasteiger partial charge < -0.3 is 10.2 Å². The second-order valence-corrected chi connectivity index (χ2v) is 11.5. The van der Waals surface area contributed by atoms with Crippen LogP contribution in [-0.2, 0) is 4.79 Å². The molecule has 162 valence electrons. The van der Waals surface area contributed by atoms with Gasteiger partial charge in [0.1, 0.15) is 11.4 Å². The molecule has 4 rings (SSSR count). The summed E-state index contributed by atoms with van der Waals surface area (Å²) in [6.07, 6.45) is 10.2. The minimum Gasteiger partial charge on any atom is -0.395 e. The van der Waals surface area contributed by atoms with E-state index in [-0.39, 0.29) is 17.9 Å². The molecule has 4 aliphatic carbocycles. The van der Waals surface area contributed by atoms with Crippen LogP contribution in [0.25, 0.3) is 0 Å². The van der Waals surface area contributed by atoms with Crippen molar-refractivity contribution in [2.75, 3.05) is 11.9 Å². The molecule has 0 heterocycles. The number of fused-ring (bicyclic) bond motifs is 5. The van der Waals surface area contributed by atoms with Gasteiger partial charge in [-0.05, 0) is 92.3 Å². The fraction of sp³-hybridized carbons (Fsp3) is 0.880. The average Bonchev–Trinajstić information content (AvgIpc) is 3.05. The number of carbonyl (C=O) groups is 1. The standard InChI is InChI=1S/C25H37BrO3/c1-23-12-13-25(29,10-3-4-14-27)15-17(23)5-6-18-19-7-8-21(22(28)16-26)24(19,2)11-9-20(18)23/h17-21,27,29H,4-9,11-16H2,1-2H3/t17-,18+,19+,20+,21-,23+,24+,25-/m1/s1. The van der Waals surface area contributed by atoms with Crippen LogP contribution in [0.5, 0.6) is 0 Å². The van der Waals surface area contributed by atoms with E-state index in [2.05, 4.69) is 41.6 Å². The van der Waals surface area contributed by atoms with Gasteiger partial charge in [-0.1, -0.05) is 41.6 Å². The lowest BCUT2D eigenvalue weighted by Crippen LogP contribution is -2.56. The van der Waals surface area contributed by atoms with E-state index in [9.17, 15) is 9.90 Å². The lowest BCUT2D eigenvalue weighted by molar-refractivity contribution is -0.144. The Bertz CT molecular complexity index is 711. The van der Waals surface area contributed by atoms with Crippen molar-refractivity contribution in [1.29, 1.82) is 0 Å². The average molecular weight is 465 g/mol. The summed E-state index contributed by atoms with van der Waals surface area (Å²) in [5.41, 5.74) is -0.372. The minimum absolute atomic E-state index is 0.0622. The first-order valence-corrected chi connectivity index (χ1v) is 12.8. The van der Waals surface area contributed by atoms with E-state index in [1.54, 1.807) is 0 Å². The van der Waals surface area contributed by atoms with Gasteiger partial charge in [-0.2, -0.15) is 0 Å². The number of aliphatic hydroxyl groups is 2. The molecule has 0 saturated heterocycles. The van der Waals surface area contributed by atoms with E-state index in [1.807, 2.05) is 0 Å². The van der Waals surface area contributed by atoms with Crippen molar-refractivity contribution in [2.24, 2.45) is 40.4 Å². The maximum Gasteiger partial charge on any atom is 0.147 e. The number of carbonyl (C=O) groups excluding carboxylic acids is 1. The molecule has 0 aromatic carbocycles. The summed E-state index contributed by atoms with van der Waals surface area (Å²) in [5, 5.41) is 20.6. The molecule has 29 heavy (non-hydrogen) atoms. The smallest absolute Gasteiger partial charge is 0.147 e. The highest BCUT2D eigenvalue weighted by molar-refractivity contribution is 9.09. The van der Waals surface area contributed by atoms with Crippen molar-refractivity contribution in [3.63, 3.8) is 0 Å². The van der Waals surface area contributed by atoms with Gasteiger partial charge in [0.05, 0.1) is 11.9 Å². The van der Waals surface area contributed by atoms with Crippen LogP contribution in [0.2, 0.25) is 0 Å². The molecule has 0 radical (unpaired) electrons. The Labute approximate surface area is 184 Å². The summed E-state index contributed by atoms with van der Waals surface area (Å²) in [5.74, 6) is 9.44. The summed E-state index contributed by atoms with van der Waals surface area (Å²) in [4.78, 5) is 12.6. The van der Waals surface area contributed by atoms with Gasteiger partial charge in [0, 0.05) is 12.3 Å². The Morgan fingerprint density at radius 2 is 1.79 bits per heavy atom. The number of Topliss-reactive ketones (excluding diaryl/α,β-unsaturated/α-hetero) is 1. The quantitative estimate of drug-likeness (QED) is 0.468. The van der Waals surface area contributed by atoms with E-state index in [0.29, 0.717) is 34.8 Å². The molecule has 0 aromatic heterocycles. The molecule has 4 saturated carbocycles. The highest BCUT2D eigenvalue weighted by Gasteiger charge is 2.61. The molecule has 4 heteroatoms. The normalized spacial score (nSPS) is 48.7. The van der Waals surface area contributed by atoms with Crippen LogP contribution < -0.4 is 0 Å². The Morgan fingerprint density at radius 1 is 1.03 bits per heavy atom. The molecule has 8 atom stereocenters. The molecule has 2 N–H and O–H groups in total. The predicted octanol–water partition coefficient (Wildman–Crippen LogP) is 4.73. The molecule has 0 spiro atoms.